The number of pyridine rings is 1. The van der Waals surface area contributed by atoms with Gasteiger partial charge < -0.3 is 10.3 Å². The van der Waals surface area contributed by atoms with Crippen LogP contribution in [0, 0.1) is 0 Å². The second kappa shape index (κ2) is 4.66. The molecular weight excluding hydrogens is 302 g/mol. The number of imidazole rings is 1. The number of nitrogen functional groups attached to an aromatic ring is 1. The van der Waals surface area contributed by atoms with E-state index in [1.165, 1.54) is 16.1 Å². The SMILES string of the molecule is CS(=O)(=O)N1CCn2c(nc3c(N)nc4c(c32)CCCC4)C1. The van der Waals surface area contributed by atoms with Crippen LogP contribution >= 0.6 is 0 Å². The van der Waals surface area contributed by atoms with Gasteiger partial charge in [-0.25, -0.2) is 18.4 Å². The van der Waals surface area contributed by atoms with Crippen molar-refractivity contribution in [2.75, 3.05) is 18.5 Å². The van der Waals surface area contributed by atoms with E-state index in [1.54, 1.807) is 0 Å². The lowest BCUT2D eigenvalue weighted by atomic mass is 9.95. The van der Waals surface area contributed by atoms with Gasteiger partial charge in [-0.3, -0.25) is 0 Å². The zero-order chi connectivity index (χ0) is 15.5. The summed E-state index contributed by atoms with van der Waals surface area (Å²) in [5, 5.41) is 0. The van der Waals surface area contributed by atoms with E-state index in [2.05, 4.69) is 14.5 Å². The fourth-order valence-corrected chi connectivity index (χ4v) is 4.31. The first-order valence-corrected chi connectivity index (χ1v) is 9.41. The highest BCUT2D eigenvalue weighted by Gasteiger charge is 2.29. The van der Waals surface area contributed by atoms with E-state index < -0.39 is 10.0 Å². The van der Waals surface area contributed by atoms with Crippen molar-refractivity contribution in [2.45, 2.75) is 38.8 Å². The minimum Gasteiger partial charge on any atom is -0.382 e. The maximum absolute atomic E-state index is 11.8. The molecule has 1 aliphatic carbocycles. The van der Waals surface area contributed by atoms with Gasteiger partial charge in [0.15, 0.2) is 5.82 Å². The van der Waals surface area contributed by atoms with Crippen LogP contribution in [0.1, 0.15) is 29.9 Å². The fourth-order valence-electron chi connectivity index (χ4n) is 3.54. The zero-order valence-corrected chi connectivity index (χ0v) is 13.4. The summed E-state index contributed by atoms with van der Waals surface area (Å²) in [7, 11) is -3.20. The predicted molar refractivity (Wildman–Crippen MR) is 83.8 cm³/mol. The molecule has 4 rings (SSSR count). The monoisotopic (exact) mass is 321 g/mol. The van der Waals surface area contributed by atoms with Crippen molar-refractivity contribution in [1.82, 2.24) is 18.8 Å². The van der Waals surface area contributed by atoms with Crippen LogP contribution in [0.5, 0.6) is 0 Å². The average Bonchev–Trinajstić information content (AvgIpc) is 2.86. The largest absolute Gasteiger partial charge is 0.382 e. The molecule has 7 nitrogen and oxygen atoms in total. The summed E-state index contributed by atoms with van der Waals surface area (Å²) in [5.41, 5.74) is 10.2. The quantitative estimate of drug-likeness (QED) is 0.833. The Kier molecular flexibility index (Phi) is 2.96. The molecule has 1 aliphatic heterocycles. The third-order valence-corrected chi connectivity index (χ3v) is 5.88. The number of aryl methyl sites for hydroxylation is 2. The second-order valence-electron chi connectivity index (χ2n) is 6.10. The van der Waals surface area contributed by atoms with Crippen molar-refractivity contribution in [2.24, 2.45) is 0 Å². The van der Waals surface area contributed by atoms with E-state index in [-0.39, 0.29) is 0 Å². The normalized spacial score (nSPS) is 19.1. The summed E-state index contributed by atoms with van der Waals surface area (Å²) in [4.78, 5) is 9.12. The number of fused-ring (bicyclic) bond motifs is 5. The summed E-state index contributed by atoms with van der Waals surface area (Å²) in [6.07, 6.45) is 5.51. The summed E-state index contributed by atoms with van der Waals surface area (Å²) < 4.78 is 27.1. The maximum Gasteiger partial charge on any atom is 0.211 e. The van der Waals surface area contributed by atoms with Gasteiger partial charge in [0.2, 0.25) is 10.0 Å². The smallest absolute Gasteiger partial charge is 0.211 e. The maximum atomic E-state index is 11.8. The number of nitrogens with two attached hydrogens (primary N) is 1. The fraction of sp³-hybridized carbons (Fsp3) is 0.571. The van der Waals surface area contributed by atoms with E-state index in [1.807, 2.05) is 0 Å². The van der Waals surface area contributed by atoms with Gasteiger partial charge in [-0.05, 0) is 31.2 Å². The molecule has 2 aromatic rings. The Hall–Kier alpha value is -1.67. The molecule has 0 bridgehead atoms. The molecule has 0 saturated carbocycles. The van der Waals surface area contributed by atoms with Gasteiger partial charge in [-0.15, -0.1) is 0 Å². The zero-order valence-electron chi connectivity index (χ0n) is 12.5. The van der Waals surface area contributed by atoms with Crippen LogP contribution in [0.4, 0.5) is 5.82 Å². The first-order valence-electron chi connectivity index (χ1n) is 7.56. The molecule has 3 heterocycles. The minimum absolute atomic E-state index is 0.307. The topological polar surface area (TPSA) is 94.1 Å². The number of hydrogen-bond donors (Lipinski definition) is 1. The van der Waals surface area contributed by atoms with Crippen molar-refractivity contribution in [3.05, 3.63) is 17.1 Å². The van der Waals surface area contributed by atoms with Crippen LogP contribution in [0.25, 0.3) is 11.0 Å². The highest BCUT2D eigenvalue weighted by atomic mass is 32.2. The molecule has 2 aliphatic rings. The molecule has 0 amide bonds. The average molecular weight is 321 g/mol. The highest BCUT2D eigenvalue weighted by molar-refractivity contribution is 7.88. The lowest BCUT2D eigenvalue weighted by molar-refractivity contribution is 0.341. The molecule has 118 valence electrons. The Bertz CT molecular complexity index is 871. The second-order valence-corrected chi connectivity index (χ2v) is 8.09. The molecule has 0 radical (unpaired) electrons. The van der Waals surface area contributed by atoms with Crippen molar-refractivity contribution in [1.29, 1.82) is 0 Å². The van der Waals surface area contributed by atoms with Crippen molar-refractivity contribution >= 4 is 26.9 Å². The molecule has 0 spiro atoms. The Morgan fingerprint density at radius 1 is 1.14 bits per heavy atom. The standard InChI is InChI=1S/C14H19N5O2S/c1-22(20,21)18-6-7-19-11(8-18)17-12-13(19)9-4-2-3-5-10(9)16-14(12)15/h2-8H2,1H3,(H2,15,16). The minimum atomic E-state index is -3.20. The molecule has 8 heteroatoms. The van der Waals surface area contributed by atoms with Gasteiger partial charge in [-0.1, -0.05) is 0 Å². The summed E-state index contributed by atoms with van der Waals surface area (Å²) in [6.45, 7) is 1.41. The van der Waals surface area contributed by atoms with E-state index in [0.717, 1.165) is 48.2 Å². The van der Waals surface area contributed by atoms with Crippen LogP contribution in [-0.4, -0.2) is 40.1 Å². The van der Waals surface area contributed by atoms with Gasteiger partial charge in [0.25, 0.3) is 0 Å². The Balaban J connectivity index is 1.92. The van der Waals surface area contributed by atoms with Crippen LogP contribution in [-0.2, 0) is 36.0 Å². The van der Waals surface area contributed by atoms with E-state index in [0.29, 0.717) is 25.5 Å². The summed E-state index contributed by atoms with van der Waals surface area (Å²) in [6, 6.07) is 0. The highest BCUT2D eigenvalue weighted by Crippen LogP contribution is 2.32. The van der Waals surface area contributed by atoms with Crippen LogP contribution < -0.4 is 5.73 Å². The number of rotatable bonds is 1. The van der Waals surface area contributed by atoms with Gasteiger partial charge in [-0.2, -0.15) is 4.31 Å². The molecule has 2 aromatic heterocycles. The van der Waals surface area contributed by atoms with E-state index >= 15 is 0 Å². The van der Waals surface area contributed by atoms with Gasteiger partial charge in [0.1, 0.15) is 11.3 Å². The van der Waals surface area contributed by atoms with Crippen LogP contribution in [0.3, 0.4) is 0 Å². The van der Waals surface area contributed by atoms with Gasteiger partial charge in [0.05, 0.1) is 18.3 Å². The lowest BCUT2D eigenvalue weighted by Crippen LogP contribution is -2.37. The predicted octanol–water partition coefficient (Wildman–Crippen LogP) is 0.667. The van der Waals surface area contributed by atoms with Crippen LogP contribution in [0.2, 0.25) is 0 Å². The van der Waals surface area contributed by atoms with E-state index in [4.69, 9.17) is 5.73 Å². The summed E-state index contributed by atoms with van der Waals surface area (Å²) >= 11 is 0. The molecule has 0 aromatic carbocycles. The molecule has 0 atom stereocenters. The van der Waals surface area contributed by atoms with Crippen molar-refractivity contribution in [3.8, 4) is 0 Å². The first-order chi connectivity index (χ1) is 10.4. The van der Waals surface area contributed by atoms with Gasteiger partial charge >= 0.3 is 0 Å². The molecule has 0 unspecified atom stereocenters. The number of hydrogen-bond acceptors (Lipinski definition) is 5. The molecule has 22 heavy (non-hydrogen) atoms. The molecule has 0 fully saturated rings. The number of anilines is 1. The third kappa shape index (κ3) is 2.01. The Labute approximate surface area is 129 Å². The lowest BCUT2D eigenvalue weighted by Gasteiger charge is -2.26. The van der Waals surface area contributed by atoms with E-state index in [9.17, 15) is 8.42 Å². The molecular formula is C14H19N5O2S. The Morgan fingerprint density at radius 2 is 1.91 bits per heavy atom. The van der Waals surface area contributed by atoms with Gasteiger partial charge in [0, 0.05) is 18.8 Å². The van der Waals surface area contributed by atoms with Crippen molar-refractivity contribution < 1.29 is 8.42 Å². The van der Waals surface area contributed by atoms with Crippen LogP contribution in [0.15, 0.2) is 0 Å². The Morgan fingerprint density at radius 3 is 2.68 bits per heavy atom. The molecule has 2 N–H and O–H groups in total. The summed E-state index contributed by atoms with van der Waals surface area (Å²) in [5.74, 6) is 1.22. The third-order valence-electron chi connectivity index (χ3n) is 4.63. The number of nitrogens with zero attached hydrogens (tertiary/aromatic N) is 4. The molecule has 0 saturated heterocycles. The first kappa shape index (κ1) is 14.0. The number of aromatic nitrogens is 3. The number of sulfonamides is 1. The van der Waals surface area contributed by atoms with Crippen molar-refractivity contribution in [3.63, 3.8) is 0 Å².